The summed E-state index contributed by atoms with van der Waals surface area (Å²) in [7, 11) is 0. The van der Waals surface area contributed by atoms with Gasteiger partial charge in [0, 0.05) is 19.6 Å². The third-order valence-corrected chi connectivity index (χ3v) is 2.34. The van der Waals surface area contributed by atoms with Crippen LogP contribution in [0.15, 0.2) is 0 Å². The molecule has 1 rings (SSSR count). The van der Waals surface area contributed by atoms with E-state index in [1.165, 1.54) is 0 Å². The van der Waals surface area contributed by atoms with E-state index in [9.17, 15) is 5.11 Å². The second-order valence-electron chi connectivity index (χ2n) is 3.33. The Morgan fingerprint density at radius 1 is 1.14 bits per heavy atom. The fourth-order valence-corrected chi connectivity index (χ4v) is 1.53. The topological polar surface area (TPSA) is 47.9 Å². The summed E-state index contributed by atoms with van der Waals surface area (Å²) in [6.07, 6.45) is 0.232. The second-order valence-corrected chi connectivity index (χ2v) is 3.33. The summed E-state index contributed by atoms with van der Waals surface area (Å²) in [6, 6.07) is 0. The predicted octanol–water partition coefficient (Wildman–Crippen LogP) is 0.578. The summed E-state index contributed by atoms with van der Waals surface area (Å²) in [5.41, 5.74) is 0. The zero-order chi connectivity index (χ0) is 10.4. The summed E-state index contributed by atoms with van der Waals surface area (Å²) in [5.74, 6) is 0. The number of aliphatic hydroxyl groups excluding tert-OH is 1. The fourth-order valence-electron chi connectivity index (χ4n) is 1.53. The van der Waals surface area contributed by atoms with Crippen LogP contribution in [-0.2, 0) is 14.2 Å². The van der Waals surface area contributed by atoms with Gasteiger partial charge < -0.3 is 19.3 Å². The summed E-state index contributed by atoms with van der Waals surface area (Å²) < 4.78 is 16.0. The lowest BCUT2D eigenvalue weighted by Gasteiger charge is -2.40. The molecule has 1 fully saturated rings. The molecule has 1 aliphatic rings. The van der Waals surface area contributed by atoms with Crippen molar-refractivity contribution in [3.63, 3.8) is 0 Å². The van der Waals surface area contributed by atoms with Crippen LogP contribution in [0.25, 0.3) is 0 Å². The smallest absolute Gasteiger partial charge is 0.110 e. The van der Waals surface area contributed by atoms with Gasteiger partial charge in [0.25, 0.3) is 0 Å². The Labute approximate surface area is 85.2 Å². The van der Waals surface area contributed by atoms with Crippen molar-refractivity contribution in [2.75, 3.05) is 26.4 Å². The molecule has 3 unspecified atom stereocenters. The molecule has 4 nitrogen and oxygen atoms in total. The molecule has 84 valence electrons. The lowest BCUT2D eigenvalue weighted by atomic mass is 9.88. The van der Waals surface area contributed by atoms with Crippen molar-refractivity contribution >= 4 is 0 Å². The Hall–Kier alpha value is -0.160. The molecule has 0 spiro atoms. The molecule has 0 aliphatic heterocycles. The second kappa shape index (κ2) is 6.35. The largest absolute Gasteiger partial charge is 0.390 e. The van der Waals surface area contributed by atoms with E-state index in [0.29, 0.717) is 32.8 Å². The minimum atomic E-state index is -0.355. The van der Waals surface area contributed by atoms with Gasteiger partial charge in [0.05, 0.1) is 25.4 Å². The monoisotopic (exact) mass is 204 g/mol. The van der Waals surface area contributed by atoms with E-state index in [4.69, 9.17) is 14.2 Å². The molecule has 14 heavy (non-hydrogen) atoms. The van der Waals surface area contributed by atoms with Crippen molar-refractivity contribution in [3.05, 3.63) is 0 Å². The Bertz CT molecular complexity index is 151. The minimum absolute atomic E-state index is 0.0467. The van der Waals surface area contributed by atoms with Crippen LogP contribution in [0.1, 0.15) is 20.3 Å². The van der Waals surface area contributed by atoms with Gasteiger partial charge in [-0.05, 0) is 13.8 Å². The van der Waals surface area contributed by atoms with Crippen molar-refractivity contribution in [3.8, 4) is 0 Å². The summed E-state index contributed by atoms with van der Waals surface area (Å²) >= 11 is 0. The molecule has 0 aromatic heterocycles. The molecular weight excluding hydrogens is 184 g/mol. The predicted molar refractivity (Wildman–Crippen MR) is 52.3 cm³/mol. The van der Waals surface area contributed by atoms with Gasteiger partial charge in [0.15, 0.2) is 0 Å². The number of hydrogen-bond donors (Lipinski definition) is 1. The Balaban J connectivity index is 2.06. The van der Waals surface area contributed by atoms with Gasteiger partial charge in [-0.15, -0.1) is 0 Å². The van der Waals surface area contributed by atoms with Crippen molar-refractivity contribution in [2.45, 2.75) is 38.6 Å². The average Bonchev–Trinajstić information content (AvgIpc) is 2.19. The van der Waals surface area contributed by atoms with E-state index in [0.717, 1.165) is 0 Å². The molecule has 1 aliphatic carbocycles. The van der Waals surface area contributed by atoms with Gasteiger partial charge in [0.1, 0.15) is 6.10 Å². The zero-order valence-electron chi connectivity index (χ0n) is 8.94. The maximum absolute atomic E-state index is 9.38. The number of aliphatic hydroxyl groups is 1. The number of rotatable bonds is 7. The van der Waals surface area contributed by atoms with Gasteiger partial charge in [-0.3, -0.25) is 0 Å². The van der Waals surface area contributed by atoms with Crippen LogP contribution >= 0.6 is 0 Å². The maximum atomic E-state index is 9.38. The number of hydrogen-bond acceptors (Lipinski definition) is 4. The van der Waals surface area contributed by atoms with E-state index in [-0.39, 0.29) is 18.3 Å². The maximum Gasteiger partial charge on any atom is 0.110 e. The van der Waals surface area contributed by atoms with Crippen LogP contribution in [0.3, 0.4) is 0 Å². The third kappa shape index (κ3) is 3.20. The normalized spacial score (nSPS) is 31.5. The SMILES string of the molecule is CCOCCOC1CC(O)C1OCC. The molecule has 4 heteroatoms. The van der Waals surface area contributed by atoms with Crippen molar-refractivity contribution in [1.29, 1.82) is 0 Å². The molecule has 0 radical (unpaired) electrons. The highest BCUT2D eigenvalue weighted by Gasteiger charge is 2.41. The van der Waals surface area contributed by atoms with E-state index >= 15 is 0 Å². The summed E-state index contributed by atoms with van der Waals surface area (Å²) in [6.45, 7) is 6.40. The van der Waals surface area contributed by atoms with Crippen LogP contribution in [0, 0.1) is 0 Å². The van der Waals surface area contributed by atoms with Gasteiger partial charge in [-0.2, -0.15) is 0 Å². The first kappa shape index (κ1) is 11.9. The van der Waals surface area contributed by atoms with Gasteiger partial charge in [-0.1, -0.05) is 0 Å². The Kier molecular flexibility index (Phi) is 5.40. The first-order chi connectivity index (χ1) is 6.79. The van der Waals surface area contributed by atoms with Crippen LogP contribution in [0.2, 0.25) is 0 Å². The van der Waals surface area contributed by atoms with Gasteiger partial charge in [0.2, 0.25) is 0 Å². The lowest BCUT2D eigenvalue weighted by molar-refractivity contribution is -0.193. The van der Waals surface area contributed by atoms with Crippen molar-refractivity contribution in [2.24, 2.45) is 0 Å². The highest BCUT2D eigenvalue weighted by atomic mass is 16.6. The third-order valence-electron chi connectivity index (χ3n) is 2.34. The van der Waals surface area contributed by atoms with E-state index < -0.39 is 0 Å². The lowest BCUT2D eigenvalue weighted by Crippen LogP contribution is -2.53. The molecule has 1 N–H and O–H groups in total. The molecule has 1 saturated carbocycles. The van der Waals surface area contributed by atoms with Gasteiger partial charge >= 0.3 is 0 Å². The average molecular weight is 204 g/mol. The molecule has 0 saturated heterocycles. The van der Waals surface area contributed by atoms with Crippen molar-refractivity contribution in [1.82, 2.24) is 0 Å². The molecule has 3 atom stereocenters. The molecule has 0 heterocycles. The standard InChI is InChI=1S/C10H20O4/c1-3-12-5-6-14-9-7-8(11)10(9)13-4-2/h8-11H,3-7H2,1-2H3. The van der Waals surface area contributed by atoms with Crippen LogP contribution in [-0.4, -0.2) is 49.8 Å². The molecule has 0 aromatic carbocycles. The zero-order valence-corrected chi connectivity index (χ0v) is 8.94. The minimum Gasteiger partial charge on any atom is -0.390 e. The van der Waals surface area contributed by atoms with Crippen LogP contribution < -0.4 is 0 Å². The molecule has 0 bridgehead atoms. The first-order valence-electron chi connectivity index (χ1n) is 5.28. The Morgan fingerprint density at radius 3 is 2.50 bits per heavy atom. The van der Waals surface area contributed by atoms with E-state index in [2.05, 4.69) is 0 Å². The highest BCUT2D eigenvalue weighted by molar-refractivity contribution is 4.91. The molecular formula is C10H20O4. The van der Waals surface area contributed by atoms with Crippen LogP contribution in [0.4, 0.5) is 0 Å². The van der Waals surface area contributed by atoms with E-state index in [1.54, 1.807) is 0 Å². The molecule has 0 aromatic rings. The Morgan fingerprint density at radius 2 is 1.93 bits per heavy atom. The molecule has 0 amide bonds. The van der Waals surface area contributed by atoms with Crippen molar-refractivity contribution < 1.29 is 19.3 Å². The van der Waals surface area contributed by atoms with Gasteiger partial charge in [-0.25, -0.2) is 0 Å². The quantitative estimate of drug-likeness (QED) is 0.616. The summed E-state index contributed by atoms with van der Waals surface area (Å²) in [5, 5.41) is 9.38. The highest BCUT2D eigenvalue weighted by Crippen LogP contribution is 2.26. The van der Waals surface area contributed by atoms with E-state index in [1.807, 2.05) is 13.8 Å². The fraction of sp³-hybridized carbons (Fsp3) is 1.00. The summed E-state index contributed by atoms with van der Waals surface area (Å²) in [4.78, 5) is 0. The first-order valence-corrected chi connectivity index (χ1v) is 5.28. The van der Waals surface area contributed by atoms with Crippen LogP contribution in [0.5, 0.6) is 0 Å². The number of ether oxygens (including phenoxy) is 3.